The number of anilines is 1. The fraction of sp³-hybridized carbons (Fsp3) is 0.409. The smallest absolute Gasteiger partial charge is 0.255 e. The Morgan fingerprint density at radius 1 is 1.04 bits per heavy atom. The number of nitrogens with zero attached hydrogens (tertiary/aromatic N) is 1. The molecule has 2 rings (SSSR count). The van der Waals surface area contributed by atoms with Crippen molar-refractivity contribution < 1.29 is 14.3 Å². The number of hydrogen-bond acceptors (Lipinski definition) is 4. The molecule has 0 radical (unpaired) electrons. The number of amides is 1. The fourth-order valence-electron chi connectivity index (χ4n) is 2.87. The van der Waals surface area contributed by atoms with Crippen molar-refractivity contribution in [2.24, 2.45) is 0 Å². The molecule has 27 heavy (non-hydrogen) atoms. The normalized spacial score (nSPS) is 10.7. The van der Waals surface area contributed by atoms with Crippen molar-refractivity contribution in [2.75, 3.05) is 38.7 Å². The van der Waals surface area contributed by atoms with Crippen LogP contribution >= 0.6 is 0 Å². The van der Waals surface area contributed by atoms with Gasteiger partial charge in [0.25, 0.3) is 5.91 Å². The first-order valence-corrected chi connectivity index (χ1v) is 9.40. The number of ether oxygens (including phenoxy) is 2. The highest BCUT2D eigenvalue weighted by Crippen LogP contribution is 2.30. The van der Waals surface area contributed by atoms with Gasteiger partial charge < -0.3 is 19.7 Å². The van der Waals surface area contributed by atoms with Crippen LogP contribution in [0.25, 0.3) is 0 Å². The summed E-state index contributed by atoms with van der Waals surface area (Å²) in [5.74, 6) is 1.15. The van der Waals surface area contributed by atoms with E-state index < -0.39 is 0 Å². The molecule has 0 heterocycles. The number of hydrogen-bond donors (Lipinski definition) is 1. The first-order chi connectivity index (χ1) is 13.0. The summed E-state index contributed by atoms with van der Waals surface area (Å²) in [4.78, 5) is 14.9. The number of likely N-dealkylation sites (N-methyl/N-ethyl adjacent to an activating group) is 1. The maximum absolute atomic E-state index is 12.6. The van der Waals surface area contributed by atoms with Crippen LogP contribution in [0.5, 0.6) is 11.5 Å². The molecule has 1 amide bonds. The number of carbonyl (C=O) groups excluding carboxylic acids is 1. The molecule has 2 aromatic carbocycles. The van der Waals surface area contributed by atoms with Crippen molar-refractivity contribution in [3.63, 3.8) is 0 Å². The van der Waals surface area contributed by atoms with Crippen molar-refractivity contribution in [3.05, 3.63) is 53.1 Å². The Kier molecular flexibility index (Phi) is 7.67. The summed E-state index contributed by atoms with van der Waals surface area (Å²) in [5.41, 5.74) is 3.36. The van der Waals surface area contributed by atoms with E-state index in [1.165, 1.54) is 0 Å². The molecule has 0 aromatic heterocycles. The van der Waals surface area contributed by atoms with Crippen molar-refractivity contribution in [2.45, 2.75) is 27.7 Å². The minimum absolute atomic E-state index is 0.129. The zero-order valence-electron chi connectivity index (χ0n) is 17.0. The maximum Gasteiger partial charge on any atom is 0.255 e. The van der Waals surface area contributed by atoms with Crippen LogP contribution in [0.4, 0.5) is 5.69 Å². The number of aryl methyl sites for hydroxylation is 2. The summed E-state index contributed by atoms with van der Waals surface area (Å²) < 4.78 is 11.3. The minimum Gasteiger partial charge on any atom is -0.493 e. The summed E-state index contributed by atoms with van der Waals surface area (Å²) in [6, 6.07) is 11.3. The van der Waals surface area contributed by atoms with E-state index in [0.29, 0.717) is 29.4 Å². The van der Waals surface area contributed by atoms with Crippen molar-refractivity contribution in [3.8, 4) is 11.5 Å². The largest absolute Gasteiger partial charge is 0.493 e. The minimum atomic E-state index is -0.129. The van der Waals surface area contributed by atoms with Gasteiger partial charge in [0.05, 0.1) is 7.11 Å². The van der Waals surface area contributed by atoms with Crippen LogP contribution in [-0.4, -0.2) is 44.2 Å². The van der Waals surface area contributed by atoms with Crippen LogP contribution in [0, 0.1) is 13.8 Å². The van der Waals surface area contributed by atoms with Gasteiger partial charge in [-0.15, -0.1) is 0 Å². The van der Waals surface area contributed by atoms with Crippen LogP contribution < -0.4 is 14.8 Å². The Morgan fingerprint density at radius 3 is 2.44 bits per heavy atom. The zero-order chi connectivity index (χ0) is 19.8. The van der Waals surface area contributed by atoms with Crippen molar-refractivity contribution in [1.29, 1.82) is 0 Å². The quantitative estimate of drug-likeness (QED) is 0.716. The third-order valence-corrected chi connectivity index (χ3v) is 4.62. The maximum atomic E-state index is 12.6. The predicted octanol–water partition coefficient (Wildman–Crippen LogP) is 4.28. The molecular weight excluding hydrogens is 340 g/mol. The third kappa shape index (κ3) is 5.73. The van der Waals surface area contributed by atoms with E-state index in [1.54, 1.807) is 7.11 Å². The van der Waals surface area contributed by atoms with Gasteiger partial charge in [-0.3, -0.25) is 4.79 Å². The van der Waals surface area contributed by atoms with Gasteiger partial charge in [0.2, 0.25) is 0 Å². The summed E-state index contributed by atoms with van der Waals surface area (Å²) in [5, 5.41) is 2.95. The van der Waals surface area contributed by atoms with Crippen LogP contribution in [0.3, 0.4) is 0 Å². The molecule has 5 nitrogen and oxygen atoms in total. The number of carbonyl (C=O) groups is 1. The highest BCUT2D eigenvalue weighted by molar-refractivity contribution is 6.05. The molecule has 0 unspecified atom stereocenters. The lowest BCUT2D eigenvalue weighted by molar-refractivity contribution is 0.102. The Balaban J connectivity index is 2.11. The van der Waals surface area contributed by atoms with E-state index in [4.69, 9.17) is 9.47 Å². The van der Waals surface area contributed by atoms with Crippen molar-refractivity contribution in [1.82, 2.24) is 4.90 Å². The summed E-state index contributed by atoms with van der Waals surface area (Å²) in [7, 11) is 1.61. The van der Waals surface area contributed by atoms with Gasteiger partial charge in [-0.25, -0.2) is 0 Å². The lowest BCUT2D eigenvalue weighted by Gasteiger charge is -2.19. The SMILES string of the molecule is CCN(CC)CCOc1cc(NC(=O)c2cc(C)ccc2C)ccc1OC. The molecule has 0 saturated carbocycles. The molecule has 1 N–H and O–H groups in total. The van der Waals surface area contributed by atoms with Crippen LogP contribution in [0.15, 0.2) is 36.4 Å². The standard InChI is InChI=1S/C22H30N2O3/c1-6-24(7-2)12-13-27-21-15-18(10-11-20(21)26-5)23-22(25)19-14-16(3)8-9-17(19)4/h8-11,14-15H,6-7,12-13H2,1-5H3,(H,23,25). The van der Waals surface area contributed by atoms with Crippen LogP contribution in [-0.2, 0) is 0 Å². The average molecular weight is 370 g/mol. The van der Waals surface area contributed by atoms with Gasteiger partial charge in [0.1, 0.15) is 6.61 Å². The first kappa shape index (κ1) is 20.8. The van der Waals surface area contributed by atoms with E-state index >= 15 is 0 Å². The van der Waals surface area contributed by atoms with Gasteiger partial charge in [-0.2, -0.15) is 0 Å². The number of benzene rings is 2. The molecule has 0 bridgehead atoms. The second-order valence-electron chi connectivity index (χ2n) is 6.51. The molecule has 0 spiro atoms. The second kappa shape index (κ2) is 9.97. The molecule has 0 aliphatic rings. The molecule has 0 atom stereocenters. The Labute approximate surface area is 162 Å². The molecule has 5 heteroatoms. The molecule has 146 valence electrons. The Hall–Kier alpha value is -2.53. The molecule has 0 aliphatic heterocycles. The fourth-order valence-corrected chi connectivity index (χ4v) is 2.87. The third-order valence-electron chi connectivity index (χ3n) is 4.62. The molecular formula is C22H30N2O3. The highest BCUT2D eigenvalue weighted by atomic mass is 16.5. The average Bonchev–Trinajstić information content (AvgIpc) is 2.67. The molecule has 2 aromatic rings. The zero-order valence-corrected chi connectivity index (χ0v) is 17.0. The number of nitrogens with one attached hydrogen (secondary N) is 1. The Bertz CT molecular complexity index is 770. The molecule has 0 aliphatic carbocycles. The van der Waals surface area contributed by atoms with Crippen LogP contribution in [0.2, 0.25) is 0 Å². The van der Waals surface area contributed by atoms with Gasteiger partial charge >= 0.3 is 0 Å². The predicted molar refractivity (Wildman–Crippen MR) is 110 cm³/mol. The van der Waals surface area contributed by atoms with Crippen LogP contribution in [0.1, 0.15) is 35.3 Å². The summed E-state index contributed by atoms with van der Waals surface area (Å²) in [6.45, 7) is 11.6. The van der Waals surface area contributed by atoms with Gasteiger partial charge in [0.15, 0.2) is 11.5 Å². The lowest BCUT2D eigenvalue weighted by Crippen LogP contribution is -2.28. The van der Waals surface area contributed by atoms with E-state index in [0.717, 1.165) is 30.8 Å². The van der Waals surface area contributed by atoms with Gasteiger partial charge in [-0.1, -0.05) is 31.5 Å². The topological polar surface area (TPSA) is 50.8 Å². The van der Waals surface area contributed by atoms with E-state index in [9.17, 15) is 4.79 Å². The van der Waals surface area contributed by atoms with E-state index in [-0.39, 0.29) is 5.91 Å². The summed E-state index contributed by atoms with van der Waals surface area (Å²) in [6.07, 6.45) is 0. The second-order valence-corrected chi connectivity index (χ2v) is 6.51. The molecule has 0 fully saturated rings. The highest BCUT2D eigenvalue weighted by Gasteiger charge is 2.12. The number of methoxy groups -OCH3 is 1. The molecule has 0 saturated heterocycles. The lowest BCUT2D eigenvalue weighted by atomic mass is 10.0. The van der Waals surface area contributed by atoms with E-state index in [1.807, 2.05) is 50.2 Å². The van der Waals surface area contributed by atoms with Gasteiger partial charge in [0, 0.05) is 23.9 Å². The van der Waals surface area contributed by atoms with Gasteiger partial charge in [-0.05, 0) is 50.7 Å². The van der Waals surface area contributed by atoms with Crippen molar-refractivity contribution >= 4 is 11.6 Å². The van der Waals surface area contributed by atoms with E-state index in [2.05, 4.69) is 24.1 Å². The Morgan fingerprint density at radius 2 is 1.78 bits per heavy atom. The number of rotatable bonds is 9. The first-order valence-electron chi connectivity index (χ1n) is 9.40. The summed E-state index contributed by atoms with van der Waals surface area (Å²) >= 11 is 0. The monoisotopic (exact) mass is 370 g/mol.